The van der Waals surface area contributed by atoms with Crippen LogP contribution in [0.2, 0.25) is 5.02 Å². The highest BCUT2D eigenvalue weighted by molar-refractivity contribution is 6.33. The average molecular weight is 444 g/mol. The van der Waals surface area contributed by atoms with E-state index in [1.807, 2.05) is 6.92 Å². The van der Waals surface area contributed by atoms with Crippen LogP contribution < -0.4 is 10.2 Å². The summed E-state index contributed by atoms with van der Waals surface area (Å²) in [6, 6.07) is 5.79. The molecule has 0 radical (unpaired) electrons. The summed E-state index contributed by atoms with van der Waals surface area (Å²) in [6.45, 7) is 2.32. The number of rotatable bonds is 5. The van der Waals surface area contributed by atoms with Crippen LogP contribution in [-0.4, -0.2) is 39.0 Å². The van der Waals surface area contributed by atoms with Crippen molar-refractivity contribution in [2.75, 3.05) is 11.4 Å². The Bertz CT molecular complexity index is 1110. The fourth-order valence-corrected chi connectivity index (χ4v) is 4.37. The zero-order valence-corrected chi connectivity index (χ0v) is 17.8. The fraction of sp³-hybridized carbons (Fsp3) is 0.364. The van der Waals surface area contributed by atoms with E-state index >= 15 is 0 Å². The zero-order valence-electron chi connectivity index (χ0n) is 17.1. The van der Waals surface area contributed by atoms with Gasteiger partial charge in [-0.3, -0.25) is 9.59 Å². The first kappa shape index (κ1) is 21.2. The van der Waals surface area contributed by atoms with Crippen molar-refractivity contribution in [2.45, 2.75) is 38.6 Å². The van der Waals surface area contributed by atoms with Gasteiger partial charge in [-0.2, -0.15) is 5.10 Å². The quantitative estimate of drug-likeness (QED) is 0.649. The second-order valence-corrected chi connectivity index (χ2v) is 8.05. The molecule has 0 atom stereocenters. The van der Waals surface area contributed by atoms with Crippen molar-refractivity contribution in [1.82, 2.24) is 19.9 Å². The van der Waals surface area contributed by atoms with Gasteiger partial charge in [-0.1, -0.05) is 11.6 Å². The Balaban J connectivity index is 1.37. The van der Waals surface area contributed by atoms with Crippen LogP contribution in [-0.2, 0) is 4.79 Å². The van der Waals surface area contributed by atoms with Gasteiger partial charge in [0.2, 0.25) is 5.91 Å². The monoisotopic (exact) mass is 443 g/mol. The first-order valence-corrected chi connectivity index (χ1v) is 10.7. The number of hydrogen-bond acceptors (Lipinski definition) is 4. The van der Waals surface area contributed by atoms with Gasteiger partial charge in [0.05, 0.1) is 16.9 Å². The van der Waals surface area contributed by atoms with Gasteiger partial charge in [-0.05, 0) is 56.9 Å². The van der Waals surface area contributed by atoms with Crippen LogP contribution in [0.5, 0.6) is 0 Å². The molecule has 1 N–H and O–H groups in total. The Morgan fingerprint density at radius 2 is 2.06 bits per heavy atom. The van der Waals surface area contributed by atoms with Gasteiger partial charge in [0.15, 0.2) is 5.65 Å². The largest absolute Gasteiger partial charge is 0.349 e. The normalized spacial score (nSPS) is 18.7. The highest BCUT2D eigenvalue weighted by atomic mass is 35.5. The third-order valence-electron chi connectivity index (χ3n) is 5.72. The Kier molecular flexibility index (Phi) is 6.18. The van der Waals surface area contributed by atoms with Crippen molar-refractivity contribution in [1.29, 1.82) is 0 Å². The van der Waals surface area contributed by atoms with Crippen molar-refractivity contribution in [3.63, 3.8) is 0 Å². The molecule has 9 heteroatoms. The second kappa shape index (κ2) is 9.01. The van der Waals surface area contributed by atoms with Crippen molar-refractivity contribution in [3.05, 3.63) is 59.3 Å². The Morgan fingerprint density at radius 1 is 1.29 bits per heavy atom. The molecule has 0 aliphatic heterocycles. The van der Waals surface area contributed by atoms with Gasteiger partial charge in [0, 0.05) is 30.9 Å². The average Bonchev–Trinajstić information content (AvgIpc) is 3.20. The second-order valence-electron chi connectivity index (χ2n) is 7.65. The third-order valence-corrected chi connectivity index (χ3v) is 6.02. The molecule has 1 aliphatic carbocycles. The lowest BCUT2D eigenvalue weighted by molar-refractivity contribution is -0.123. The molecule has 162 valence electrons. The Labute approximate surface area is 184 Å². The van der Waals surface area contributed by atoms with Crippen molar-refractivity contribution < 1.29 is 14.0 Å². The van der Waals surface area contributed by atoms with Gasteiger partial charge in [0.25, 0.3) is 5.91 Å². The van der Waals surface area contributed by atoms with Crippen LogP contribution in [0.15, 0.2) is 42.9 Å². The van der Waals surface area contributed by atoms with Crippen LogP contribution in [0.1, 0.15) is 43.0 Å². The van der Waals surface area contributed by atoms with E-state index in [0.717, 1.165) is 0 Å². The number of halogens is 2. The molecule has 0 saturated heterocycles. The number of amides is 2. The molecule has 1 fully saturated rings. The summed E-state index contributed by atoms with van der Waals surface area (Å²) in [5.41, 5.74) is 1.46. The van der Waals surface area contributed by atoms with E-state index < -0.39 is 5.82 Å². The summed E-state index contributed by atoms with van der Waals surface area (Å²) < 4.78 is 14.9. The molecule has 31 heavy (non-hydrogen) atoms. The van der Waals surface area contributed by atoms with Crippen LogP contribution in [0, 0.1) is 11.7 Å². The summed E-state index contributed by atoms with van der Waals surface area (Å²) in [6.07, 6.45) is 7.59. The molecule has 1 aliphatic rings. The molecule has 7 nitrogen and oxygen atoms in total. The van der Waals surface area contributed by atoms with E-state index in [1.54, 1.807) is 27.9 Å². The number of carbonyl (C=O) groups excluding carboxylic acids is 2. The number of nitrogens with zero attached hydrogens (tertiary/aromatic N) is 4. The Hall–Kier alpha value is -3.00. The SMILES string of the molecule is CCN(C(=O)C1CCC(NC(=O)c2cnn3cccnc23)CC1)c1ccc(F)cc1Cl. The molecule has 1 saturated carbocycles. The van der Waals surface area contributed by atoms with Gasteiger partial charge >= 0.3 is 0 Å². The zero-order chi connectivity index (χ0) is 22.0. The minimum absolute atomic E-state index is 0.0142. The van der Waals surface area contributed by atoms with E-state index in [2.05, 4.69) is 15.4 Å². The summed E-state index contributed by atoms with van der Waals surface area (Å²) in [7, 11) is 0. The maximum absolute atomic E-state index is 13.4. The molecule has 1 aromatic carbocycles. The van der Waals surface area contributed by atoms with E-state index in [4.69, 9.17) is 11.6 Å². The Morgan fingerprint density at radius 3 is 2.77 bits per heavy atom. The highest BCUT2D eigenvalue weighted by Crippen LogP contribution is 2.32. The van der Waals surface area contributed by atoms with E-state index in [9.17, 15) is 14.0 Å². The van der Waals surface area contributed by atoms with Gasteiger partial charge in [-0.15, -0.1) is 0 Å². The van der Waals surface area contributed by atoms with Crippen LogP contribution in [0.4, 0.5) is 10.1 Å². The molecule has 3 aromatic rings. The lowest BCUT2D eigenvalue weighted by Crippen LogP contribution is -2.42. The lowest BCUT2D eigenvalue weighted by Gasteiger charge is -2.32. The summed E-state index contributed by atoms with van der Waals surface area (Å²) >= 11 is 6.16. The number of carbonyl (C=O) groups is 2. The molecule has 0 unspecified atom stereocenters. The highest BCUT2D eigenvalue weighted by Gasteiger charge is 2.31. The van der Waals surface area contributed by atoms with E-state index in [-0.39, 0.29) is 28.8 Å². The van der Waals surface area contributed by atoms with Gasteiger partial charge in [-0.25, -0.2) is 13.9 Å². The van der Waals surface area contributed by atoms with Crippen LogP contribution >= 0.6 is 11.6 Å². The fourth-order valence-electron chi connectivity index (χ4n) is 4.10. The van der Waals surface area contributed by atoms with Crippen molar-refractivity contribution in [3.8, 4) is 0 Å². The topological polar surface area (TPSA) is 79.6 Å². The minimum Gasteiger partial charge on any atom is -0.349 e. The number of nitrogens with one attached hydrogen (secondary N) is 1. The molecule has 2 heterocycles. The molecule has 4 rings (SSSR count). The smallest absolute Gasteiger partial charge is 0.256 e. The standard InChI is InChI=1S/C22H23ClFN5O2/c1-2-28(19-9-6-15(24)12-18(19)23)22(31)14-4-7-16(8-5-14)27-21(30)17-13-26-29-11-3-10-25-20(17)29/h3,6,9-14,16H,2,4-5,7-8H2,1H3,(H,27,30). The first-order chi connectivity index (χ1) is 15.0. The molecular formula is C22H23ClFN5O2. The molecule has 0 spiro atoms. The predicted octanol–water partition coefficient (Wildman–Crippen LogP) is 3.86. The van der Waals surface area contributed by atoms with Crippen LogP contribution in [0.3, 0.4) is 0 Å². The number of hydrogen-bond donors (Lipinski definition) is 1. The molecular weight excluding hydrogens is 421 g/mol. The van der Waals surface area contributed by atoms with Crippen molar-refractivity contribution in [2.24, 2.45) is 5.92 Å². The van der Waals surface area contributed by atoms with Crippen molar-refractivity contribution >= 4 is 34.7 Å². The summed E-state index contributed by atoms with van der Waals surface area (Å²) in [5.74, 6) is -0.827. The number of fused-ring (bicyclic) bond motifs is 1. The molecule has 0 bridgehead atoms. The molecule has 2 aromatic heterocycles. The molecule has 2 amide bonds. The summed E-state index contributed by atoms with van der Waals surface area (Å²) in [4.78, 5) is 31.6. The van der Waals surface area contributed by atoms with Gasteiger partial charge in [0.1, 0.15) is 11.4 Å². The maximum atomic E-state index is 13.4. The number of benzene rings is 1. The number of anilines is 1. The first-order valence-electron chi connectivity index (χ1n) is 10.3. The third kappa shape index (κ3) is 4.39. The maximum Gasteiger partial charge on any atom is 0.256 e. The van der Waals surface area contributed by atoms with Gasteiger partial charge < -0.3 is 10.2 Å². The number of aromatic nitrogens is 3. The summed E-state index contributed by atoms with van der Waals surface area (Å²) in [5, 5.41) is 7.41. The predicted molar refractivity (Wildman–Crippen MR) is 116 cm³/mol. The lowest BCUT2D eigenvalue weighted by atomic mass is 9.85. The van der Waals surface area contributed by atoms with E-state index in [1.165, 1.54) is 24.4 Å². The van der Waals surface area contributed by atoms with E-state index in [0.29, 0.717) is 49.1 Å². The van der Waals surface area contributed by atoms with Crippen LogP contribution in [0.25, 0.3) is 5.65 Å². The minimum atomic E-state index is -0.435.